The molecule has 0 aliphatic heterocycles. The average molecular weight is 271 g/mol. The first-order chi connectivity index (χ1) is 8.04. The topological polar surface area (TPSA) is 83.5 Å². The molecule has 0 atom stereocenters. The van der Waals surface area contributed by atoms with Gasteiger partial charge in [-0.05, 0) is 51.0 Å². The summed E-state index contributed by atoms with van der Waals surface area (Å²) in [5.41, 5.74) is 0.0724. The molecule has 0 amide bonds. The predicted octanol–water partition coefficient (Wildman–Crippen LogP) is 1.44. The number of carboxylic acid groups (broad SMARTS) is 1. The summed E-state index contributed by atoms with van der Waals surface area (Å²) < 4.78 is 26.3. The Kier molecular flexibility index (Phi) is 3.83. The van der Waals surface area contributed by atoms with Gasteiger partial charge in [-0.15, -0.1) is 0 Å². The van der Waals surface area contributed by atoms with E-state index in [4.69, 9.17) is 5.11 Å². The number of aryl methyl sites for hydroxylation is 2. The fraction of sp³-hybridized carbons (Fsp3) is 0.417. The van der Waals surface area contributed by atoms with Gasteiger partial charge in [0.2, 0.25) is 10.0 Å². The maximum Gasteiger partial charge on any atom is 0.324 e. The SMILES string of the molecule is Cc1cc(C)cc(S(=O)(=O)NC(C)(C)C(=O)O)c1. The van der Waals surface area contributed by atoms with Crippen LogP contribution in [-0.2, 0) is 14.8 Å². The van der Waals surface area contributed by atoms with Crippen molar-refractivity contribution in [3.63, 3.8) is 0 Å². The zero-order valence-corrected chi connectivity index (χ0v) is 11.6. The lowest BCUT2D eigenvalue weighted by molar-refractivity contribution is -0.142. The van der Waals surface area contributed by atoms with Crippen LogP contribution in [0.5, 0.6) is 0 Å². The number of hydrogen-bond acceptors (Lipinski definition) is 3. The van der Waals surface area contributed by atoms with Crippen LogP contribution in [0.3, 0.4) is 0 Å². The van der Waals surface area contributed by atoms with Crippen LogP contribution >= 0.6 is 0 Å². The van der Waals surface area contributed by atoms with Crippen LogP contribution in [0, 0.1) is 13.8 Å². The highest BCUT2D eigenvalue weighted by Crippen LogP contribution is 2.16. The number of hydrogen-bond donors (Lipinski definition) is 2. The maximum absolute atomic E-state index is 12.1. The second-order valence-corrected chi connectivity index (χ2v) is 6.54. The number of rotatable bonds is 4. The van der Waals surface area contributed by atoms with Crippen molar-refractivity contribution in [3.05, 3.63) is 29.3 Å². The molecule has 1 aromatic rings. The summed E-state index contributed by atoms with van der Waals surface area (Å²) in [6, 6.07) is 4.86. The van der Waals surface area contributed by atoms with E-state index in [1.807, 2.05) is 6.07 Å². The fourth-order valence-corrected chi connectivity index (χ4v) is 3.09. The second-order valence-electron chi connectivity index (χ2n) is 4.86. The maximum atomic E-state index is 12.1. The quantitative estimate of drug-likeness (QED) is 0.868. The lowest BCUT2D eigenvalue weighted by Gasteiger charge is -2.21. The van der Waals surface area contributed by atoms with Gasteiger partial charge >= 0.3 is 5.97 Å². The van der Waals surface area contributed by atoms with Gasteiger partial charge in [-0.2, -0.15) is 4.72 Å². The van der Waals surface area contributed by atoms with Gasteiger partial charge in [-0.3, -0.25) is 4.79 Å². The Bertz CT molecular complexity index is 555. The summed E-state index contributed by atoms with van der Waals surface area (Å²) >= 11 is 0. The first-order valence-electron chi connectivity index (χ1n) is 5.40. The lowest BCUT2D eigenvalue weighted by atomic mass is 10.1. The van der Waals surface area contributed by atoms with Crippen LogP contribution in [0.1, 0.15) is 25.0 Å². The molecule has 0 unspecified atom stereocenters. The van der Waals surface area contributed by atoms with Crippen LogP contribution in [-0.4, -0.2) is 25.0 Å². The van der Waals surface area contributed by atoms with Gasteiger partial charge in [-0.1, -0.05) is 6.07 Å². The molecule has 1 rings (SSSR count). The van der Waals surface area contributed by atoms with Gasteiger partial charge in [0.05, 0.1) is 4.90 Å². The summed E-state index contributed by atoms with van der Waals surface area (Å²) in [5, 5.41) is 8.93. The minimum Gasteiger partial charge on any atom is -0.480 e. The first-order valence-corrected chi connectivity index (χ1v) is 6.88. The van der Waals surface area contributed by atoms with Crippen molar-refractivity contribution in [2.75, 3.05) is 0 Å². The molecule has 0 aliphatic carbocycles. The molecule has 1 aromatic carbocycles. The first kappa shape index (κ1) is 14.7. The minimum absolute atomic E-state index is 0.0781. The van der Waals surface area contributed by atoms with Crippen molar-refractivity contribution in [2.45, 2.75) is 38.1 Å². The van der Waals surface area contributed by atoms with E-state index in [9.17, 15) is 13.2 Å². The summed E-state index contributed by atoms with van der Waals surface area (Å²) in [5.74, 6) is -1.23. The average Bonchev–Trinajstić information content (AvgIpc) is 2.13. The van der Waals surface area contributed by atoms with E-state index >= 15 is 0 Å². The second kappa shape index (κ2) is 4.70. The van der Waals surface area contributed by atoms with Crippen molar-refractivity contribution in [1.29, 1.82) is 0 Å². The lowest BCUT2D eigenvalue weighted by Crippen LogP contribution is -2.49. The zero-order chi connectivity index (χ0) is 14.1. The molecule has 2 N–H and O–H groups in total. The van der Waals surface area contributed by atoms with E-state index < -0.39 is 21.5 Å². The van der Waals surface area contributed by atoms with Gasteiger partial charge in [-0.25, -0.2) is 8.42 Å². The van der Waals surface area contributed by atoms with E-state index in [-0.39, 0.29) is 4.90 Å². The molecule has 0 spiro atoms. The molecule has 0 bridgehead atoms. The van der Waals surface area contributed by atoms with E-state index in [0.717, 1.165) is 11.1 Å². The number of benzene rings is 1. The Morgan fingerprint density at radius 2 is 1.61 bits per heavy atom. The summed E-state index contributed by atoms with van der Waals surface area (Å²) in [7, 11) is -3.84. The molecule has 0 radical (unpaired) electrons. The molecule has 0 heterocycles. The molecular formula is C12H17NO4S. The van der Waals surface area contributed by atoms with Crippen molar-refractivity contribution in [3.8, 4) is 0 Å². The van der Waals surface area contributed by atoms with Gasteiger partial charge in [0.25, 0.3) is 0 Å². The highest BCUT2D eigenvalue weighted by Gasteiger charge is 2.33. The van der Waals surface area contributed by atoms with Crippen LogP contribution in [0.2, 0.25) is 0 Å². The number of sulfonamides is 1. The van der Waals surface area contributed by atoms with Gasteiger partial charge < -0.3 is 5.11 Å². The Balaban J connectivity index is 3.19. The third kappa shape index (κ3) is 3.30. The smallest absolute Gasteiger partial charge is 0.324 e. The molecule has 0 saturated heterocycles. The number of carbonyl (C=O) groups is 1. The van der Waals surface area contributed by atoms with Crippen molar-refractivity contribution in [1.82, 2.24) is 4.72 Å². The predicted molar refractivity (Wildman–Crippen MR) is 68.0 cm³/mol. The Morgan fingerprint density at radius 1 is 1.17 bits per heavy atom. The third-order valence-corrected chi connectivity index (χ3v) is 4.07. The van der Waals surface area contributed by atoms with Crippen LogP contribution < -0.4 is 4.72 Å². The molecule has 5 nitrogen and oxygen atoms in total. The Morgan fingerprint density at radius 3 is 2.00 bits per heavy atom. The minimum atomic E-state index is -3.84. The van der Waals surface area contributed by atoms with Crippen molar-refractivity contribution >= 4 is 16.0 Å². The highest BCUT2D eigenvalue weighted by atomic mass is 32.2. The molecule has 0 aliphatic rings. The molecule has 0 fully saturated rings. The van der Waals surface area contributed by atoms with E-state index in [1.54, 1.807) is 13.8 Å². The molecular weight excluding hydrogens is 254 g/mol. The third-order valence-electron chi connectivity index (χ3n) is 2.43. The standard InChI is InChI=1S/C12H17NO4S/c1-8-5-9(2)7-10(6-8)18(16,17)13-12(3,4)11(14)15/h5-7,13H,1-4H3,(H,14,15). The van der Waals surface area contributed by atoms with Crippen molar-refractivity contribution < 1.29 is 18.3 Å². The monoisotopic (exact) mass is 271 g/mol. The van der Waals surface area contributed by atoms with Crippen LogP contribution in [0.15, 0.2) is 23.1 Å². The molecule has 0 aromatic heterocycles. The number of nitrogens with one attached hydrogen (secondary N) is 1. The van der Waals surface area contributed by atoms with Gasteiger partial charge in [0.1, 0.15) is 5.54 Å². The van der Waals surface area contributed by atoms with Crippen LogP contribution in [0.25, 0.3) is 0 Å². The van der Waals surface area contributed by atoms with Gasteiger partial charge in [0, 0.05) is 0 Å². The van der Waals surface area contributed by atoms with E-state index in [2.05, 4.69) is 4.72 Å². The summed E-state index contributed by atoms with van der Waals surface area (Å²) in [4.78, 5) is 11.0. The molecule has 6 heteroatoms. The Hall–Kier alpha value is -1.40. The normalized spacial score (nSPS) is 12.4. The summed E-state index contributed by atoms with van der Waals surface area (Å²) in [6.07, 6.45) is 0. The van der Waals surface area contributed by atoms with E-state index in [1.165, 1.54) is 26.0 Å². The van der Waals surface area contributed by atoms with Gasteiger partial charge in [0.15, 0.2) is 0 Å². The zero-order valence-electron chi connectivity index (χ0n) is 10.8. The molecule has 100 valence electrons. The van der Waals surface area contributed by atoms with E-state index in [0.29, 0.717) is 0 Å². The Labute approximate surface area is 107 Å². The van der Waals surface area contributed by atoms with Crippen LogP contribution in [0.4, 0.5) is 0 Å². The van der Waals surface area contributed by atoms with Crippen molar-refractivity contribution in [2.24, 2.45) is 0 Å². The largest absolute Gasteiger partial charge is 0.480 e. The fourth-order valence-electron chi connectivity index (χ4n) is 1.53. The number of aliphatic carboxylic acids is 1. The summed E-state index contributed by atoms with van der Waals surface area (Å²) in [6.45, 7) is 6.17. The molecule has 0 saturated carbocycles. The number of carboxylic acids is 1. The molecule has 18 heavy (non-hydrogen) atoms. The highest BCUT2D eigenvalue weighted by molar-refractivity contribution is 7.89.